The van der Waals surface area contributed by atoms with E-state index < -0.39 is 10.0 Å². The van der Waals surface area contributed by atoms with Gasteiger partial charge in [0.2, 0.25) is 0 Å². The van der Waals surface area contributed by atoms with Crippen LogP contribution in [0, 0.1) is 0 Å². The SMILES string of the molecule is C=Cc1ccc(OCCS(C)(C)CCCC2(c3ccccc3)c3ccccc3-c3ccc(N(c4ccc(-c5ccc(C(C)(C)C)cc5)cc4)c4ccc(-c5ccc6c(c5)c5cc(-c7ccc(C=C)cc7)ccc5n6-c5ccc(C=C)cc5)cc4)cc32)cc1. The molecule has 13 rings (SSSR count). The van der Waals surface area contributed by atoms with Gasteiger partial charge < -0.3 is 14.2 Å². The number of aromatic nitrogens is 1. The number of benzene rings is 11. The third kappa shape index (κ3) is 11.1. The minimum Gasteiger partial charge on any atom is -0.493 e. The van der Waals surface area contributed by atoms with E-state index in [2.05, 4.69) is 317 Å². The van der Waals surface area contributed by atoms with E-state index in [9.17, 15) is 0 Å². The minimum atomic E-state index is -0.974. The molecule has 1 heterocycles. The third-order valence-corrected chi connectivity index (χ3v) is 20.9. The number of rotatable bonds is 19. The molecule has 1 aliphatic carbocycles. The Morgan fingerprint density at radius 3 is 1.48 bits per heavy atom. The molecule has 0 aliphatic heterocycles. The van der Waals surface area contributed by atoms with E-state index in [1.165, 1.54) is 66.4 Å². The lowest BCUT2D eigenvalue weighted by Gasteiger charge is -2.37. The van der Waals surface area contributed by atoms with E-state index in [-0.39, 0.29) is 10.8 Å². The van der Waals surface area contributed by atoms with Gasteiger partial charge in [0.25, 0.3) is 0 Å². The van der Waals surface area contributed by atoms with Gasteiger partial charge in [-0.15, -0.1) is 0 Å². The van der Waals surface area contributed by atoms with E-state index in [4.69, 9.17) is 4.74 Å². The fourth-order valence-corrected chi connectivity index (χ4v) is 15.0. The van der Waals surface area contributed by atoms with Crippen LogP contribution in [0.2, 0.25) is 0 Å². The van der Waals surface area contributed by atoms with Crippen LogP contribution < -0.4 is 9.64 Å². The van der Waals surface area contributed by atoms with E-state index in [0.29, 0.717) is 6.61 Å². The lowest BCUT2D eigenvalue weighted by atomic mass is 9.69. The van der Waals surface area contributed by atoms with Crippen molar-refractivity contribution in [2.75, 3.05) is 35.5 Å². The molecule has 4 heteroatoms. The van der Waals surface area contributed by atoms with Crippen LogP contribution in [0.4, 0.5) is 17.1 Å². The average Bonchev–Trinajstić information content (AvgIpc) is 1.60. The van der Waals surface area contributed by atoms with Gasteiger partial charge in [-0.3, -0.25) is 0 Å². The Bertz CT molecular complexity index is 4510. The predicted molar refractivity (Wildman–Crippen MR) is 383 cm³/mol. The van der Waals surface area contributed by atoms with Gasteiger partial charge in [0.05, 0.1) is 17.6 Å². The van der Waals surface area contributed by atoms with Gasteiger partial charge in [0.15, 0.2) is 0 Å². The first kappa shape index (κ1) is 57.5. The summed E-state index contributed by atoms with van der Waals surface area (Å²) in [6.45, 7) is 19.5. The molecule has 0 spiro atoms. The molecular weight excluding hydrogens is 1090 g/mol. The van der Waals surface area contributed by atoms with Gasteiger partial charge in [-0.05, 0) is 205 Å². The van der Waals surface area contributed by atoms with Crippen LogP contribution in [-0.2, 0) is 10.8 Å². The molecule has 0 fully saturated rings. The van der Waals surface area contributed by atoms with E-state index in [1.54, 1.807) is 0 Å². The number of hydrogen-bond acceptors (Lipinski definition) is 2. The van der Waals surface area contributed by atoms with Crippen LogP contribution in [0.3, 0.4) is 0 Å². The molecule has 0 saturated carbocycles. The number of nitrogens with zero attached hydrogens (tertiary/aromatic N) is 2. The summed E-state index contributed by atoms with van der Waals surface area (Å²) >= 11 is 0. The molecule has 1 unspecified atom stereocenters. The largest absolute Gasteiger partial charge is 0.493 e. The maximum atomic E-state index is 6.33. The first-order chi connectivity index (χ1) is 42.8. The van der Waals surface area contributed by atoms with Crippen LogP contribution in [0.25, 0.3) is 90.2 Å². The Morgan fingerprint density at radius 2 is 0.920 bits per heavy atom. The standard InChI is InChI=1S/C84H76N2OS/c1-9-59-22-28-64(29-23-59)66-36-50-81-77(56-66)78-57-67(37-51-82(78)86(81)72-40-24-60(10-2)25-41-72)65-34-44-71(45-35-65)85(70-42-32-63(33-43-70)62-30-38-68(39-31-62)83(4,5)6)73-46-49-76-75-20-15-16-21-79(75)84(80(76)58-73,69-18-13-12-14-19-69)52-17-54-88(7,8)55-53-87-74-47-26-61(11-3)27-48-74/h9-16,18-51,56-58H,1-3,17,52-55H2,4-8H3. The molecule has 0 radical (unpaired) electrons. The zero-order valence-corrected chi connectivity index (χ0v) is 52.2. The van der Waals surface area contributed by atoms with Crippen LogP contribution in [0.15, 0.2) is 275 Å². The molecule has 11 aromatic carbocycles. The first-order valence-electron chi connectivity index (χ1n) is 30.8. The number of fused-ring (bicyclic) bond motifs is 6. The zero-order valence-electron chi connectivity index (χ0n) is 51.3. The Balaban J connectivity index is 0.892. The van der Waals surface area contributed by atoms with Crippen LogP contribution in [-0.4, -0.2) is 35.2 Å². The molecular formula is C84H76N2OS. The summed E-state index contributed by atoms with van der Waals surface area (Å²) in [6, 6.07) is 94.7. The molecule has 1 atom stereocenters. The summed E-state index contributed by atoms with van der Waals surface area (Å²) < 4.78 is 8.73. The van der Waals surface area contributed by atoms with Crippen molar-refractivity contribution in [1.29, 1.82) is 0 Å². The highest BCUT2D eigenvalue weighted by atomic mass is 32.3. The molecule has 1 aliphatic rings. The third-order valence-electron chi connectivity index (χ3n) is 18.2. The van der Waals surface area contributed by atoms with Gasteiger partial charge in [0.1, 0.15) is 5.75 Å². The highest BCUT2D eigenvalue weighted by molar-refractivity contribution is 8.32. The van der Waals surface area contributed by atoms with Crippen molar-refractivity contribution in [2.24, 2.45) is 0 Å². The second kappa shape index (κ2) is 23.9. The number of hydrogen-bond donors (Lipinski definition) is 0. The van der Waals surface area contributed by atoms with Crippen molar-refractivity contribution in [1.82, 2.24) is 4.57 Å². The Labute approximate surface area is 522 Å². The van der Waals surface area contributed by atoms with Crippen LogP contribution in [0.1, 0.15) is 72.6 Å². The van der Waals surface area contributed by atoms with E-state index in [0.717, 1.165) is 91.7 Å². The van der Waals surface area contributed by atoms with Crippen LogP contribution in [0.5, 0.6) is 5.75 Å². The molecule has 0 saturated heterocycles. The molecule has 88 heavy (non-hydrogen) atoms. The number of ether oxygens (including phenoxy) is 1. The maximum Gasteiger partial charge on any atom is 0.119 e. The predicted octanol–water partition coefficient (Wildman–Crippen LogP) is 22.7. The summed E-state index contributed by atoms with van der Waals surface area (Å²) in [7, 11) is -0.974. The molecule has 0 amide bonds. The lowest BCUT2D eigenvalue weighted by Crippen LogP contribution is -2.28. The fourth-order valence-electron chi connectivity index (χ4n) is 13.3. The van der Waals surface area contributed by atoms with E-state index >= 15 is 0 Å². The molecule has 0 N–H and O–H groups in total. The topological polar surface area (TPSA) is 17.4 Å². The maximum absolute atomic E-state index is 6.33. The zero-order chi connectivity index (χ0) is 60.6. The van der Waals surface area contributed by atoms with Crippen molar-refractivity contribution in [3.05, 3.63) is 313 Å². The second-order valence-electron chi connectivity index (χ2n) is 25.1. The summed E-state index contributed by atoms with van der Waals surface area (Å²) in [6.07, 6.45) is 12.7. The summed E-state index contributed by atoms with van der Waals surface area (Å²) in [5, 5.41) is 2.41. The van der Waals surface area contributed by atoms with Gasteiger partial charge >= 0.3 is 0 Å². The Morgan fingerprint density at radius 1 is 0.455 bits per heavy atom. The molecule has 1 aromatic heterocycles. The quantitative estimate of drug-likeness (QED) is 0.0803. The highest BCUT2D eigenvalue weighted by Gasteiger charge is 2.44. The van der Waals surface area contributed by atoms with Gasteiger partial charge in [-0.25, -0.2) is 10.0 Å². The summed E-state index contributed by atoms with van der Waals surface area (Å²) in [5.41, 5.74) is 24.8. The van der Waals surface area contributed by atoms with Crippen molar-refractivity contribution in [3.63, 3.8) is 0 Å². The minimum absolute atomic E-state index is 0.0792. The average molecular weight is 1160 g/mol. The van der Waals surface area contributed by atoms with Crippen molar-refractivity contribution < 1.29 is 4.74 Å². The van der Waals surface area contributed by atoms with Crippen molar-refractivity contribution >= 4 is 67.1 Å². The van der Waals surface area contributed by atoms with E-state index in [1.807, 2.05) is 18.2 Å². The summed E-state index contributed by atoms with van der Waals surface area (Å²) in [4.78, 5) is 2.46. The highest BCUT2D eigenvalue weighted by Crippen LogP contribution is 2.57. The van der Waals surface area contributed by atoms with Crippen LogP contribution >= 0.6 is 10.0 Å². The number of anilines is 3. The Hall–Kier alpha value is -9.61. The normalized spacial score (nSPS) is 13.9. The lowest BCUT2D eigenvalue weighted by molar-refractivity contribution is 0.343. The monoisotopic (exact) mass is 1160 g/mol. The van der Waals surface area contributed by atoms with Gasteiger partial charge in [-0.1, -0.05) is 229 Å². The molecule has 0 bridgehead atoms. The van der Waals surface area contributed by atoms with Crippen molar-refractivity contribution in [2.45, 2.75) is 44.4 Å². The fraction of sp³-hybridized carbons (Fsp3) is 0.143. The smallest absolute Gasteiger partial charge is 0.119 e. The molecule has 3 nitrogen and oxygen atoms in total. The molecule has 12 aromatic rings. The first-order valence-corrected chi connectivity index (χ1v) is 33.6. The second-order valence-corrected chi connectivity index (χ2v) is 29.5. The van der Waals surface area contributed by atoms with Crippen molar-refractivity contribution in [3.8, 4) is 55.9 Å². The summed E-state index contributed by atoms with van der Waals surface area (Å²) in [5.74, 6) is 3.10. The van der Waals surface area contributed by atoms with Gasteiger partial charge in [0, 0.05) is 44.7 Å². The van der Waals surface area contributed by atoms with Gasteiger partial charge in [-0.2, -0.15) is 0 Å². The molecule has 434 valence electrons. The Kier molecular flexibility index (Phi) is 15.6.